The van der Waals surface area contributed by atoms with Crippen molar-refractivity contribution in [1.29, 1.82) is 0 Å². The molecule has 2 amide bonds. The molecular weight excluding hydrogens is 504 g/mol. The van der Waals surface area contributed by atoms with E-state index in [1.54, 1.807) is 31.9 Å². The molecule has 0 aliphatic heterocycles. The number of hydrogen-bond acceptors (Lipinski definition) is 5. The molecule has 8 nitrogen and oxygen atoms in total. The third kappa shape index (κ3) is 7.14. The number of aromatic nitrogens is 1. The van der Waals surface area contributed by atoms with Gasteiger partial charge in [0.25, 0.3) is 0 Å². The average Bonchev–Trinajstić information content (AvgIpc) is 3.21. The van der Waals surface area contributed by atoms with Crippen molar-refractivity contribution in [3.8, 4) is 0 Å². The fourth-order valence-corrected chi connectivity index (χ4v) is 5.64. The van der Waals surface area contributed by atoms with Crippen molar-refractivity contribution in [3.05, 3.63) is 47.7 Å². The zero-order chi connectivity index (χ0) is 30.5. The number of carbonyl (C=O) groups excluding carboxylic acids is 3. The Hall–Kier alpha value is -3.13. The minimum atomic E-state index is -0.735. The lowest BCUT2D eigenvalue weighted by atomic mass is 9.76. The molecular formula is C32H50N4O4. The number of rotatable bonds is 12. The van der Waals surface area contributed by atoms with Crippen LogP contribution >= 0.6 is 0 Å². The molecule has 40 heavy (non-hydrogen) atoms. The number of aryl methyl sites for hydroxylation is 1. The van der Waals surface area contributed by atoms with Crippen LogP contribution in [0.2, 0.25) is 0 Å². The van der Waals surface area contributed by atoms with Gasteiger partial charge < -0.3 is 19.5 Å². The Morgan fingerprint density at radius 3 is 2.17 bits per heavy atom. The van der Waals surface area contributed by atoms with Crippen molar-refractivity contribution in [2.75, 3.05) is 27.7 Å². The van der Waals surface area contributed by atoms with E-state index in [1.165, 1.54) is 0 Å². The van der Waals surface area contributed by atoms with Crippen molar-refractivity contribution >= 4 is 28.7 Å². The van der Waals surface area contributed by atoms with E-state index >= 15 is 0 Å². The van der Waals surface area contributed by atoms with Crippen molar-refractivity contribution in [2.24, 2.45) is 18.9 Å². The summed E-state index contributed by atoms with van der Waals surface area (Å²) in [6, 6.07) is 6.57. The highest BCUT2D eigenvalue weighted by atomic mass is 16.5. The monoisotopic (exact) mass is 554 g/mol. The number of esters is 1. The van der Waals surface area contributed by atoms with Crippen LogP contribution in [0.5, 0.6) is 0 Å². The average molecular weight is 555 g/mol. The first-order chi connectivity index (χ1) is 18.6. The summed E-state index contributed by atoms with van der Waals surface area (Å²) in [5.41, 5.74) is 2.06. The van der Waals surface area contributed by atoms with Gasteiger partial charge >= 0.3 is 5.97 Å². The van der Waals surface area contributed by atoms with Gasteiger partial charge in [0.2, 0.25) is 11.8 Å². The van der Waals surface area contributed by atoms with Gasteiger partial charge in [-0.15, -0.1) is 0 Å². The summed E-state index contributed by atoms with van der Waals surface area (Å²) in [5, 5.41) is 4.21. The van der Waals surface area contributed by atoms with E-state index in [0.29, 0.717) is 5.57 Å². The highest BCUT2D eigenvalue weighted by Crippen LogP contribution is 2.36. The minimum Gasteiger partial charge on any atom is -0.463 e. The number of benzene rings is 1. The molecule has 1 heterocycles. The highest BCUT2D eigenvalue weighted by molar-refractivity contribution is 5.93. The van der Waals surface area contributed by atoms with Crippen LogP contribution in [0.1, 0.15) is 61.0 Å². The second kappa shape index (κ2) is 13.5. The van der Waals surface area contributed by atoms with Gasteiger partial charge in [-0.3, -0.25) is 14.5 Å². The number of para-hydroxylation sites is 1. The van der Waals surface area contributed by atoms with Crippen molar-refractivity contribution in [1.82, 2.24) is 19.7 Å². The molecule has 0 bridgehead atoms. The Kier molecular flexibility index (Phi) is 11.2. The van der Waals surface area contributed by atoms with Crippen LogP contribution in [-0.2, 0) is 31.6 Å². The zero-order valence-electron chi connectivity index (χ0n) is 26.5. The van der Waals surface area contributed by atoms with E-state index in [1.807, 2.05) is 65.9 Å². The Morgan fingerprint density at radius 1 is 1.05 bits per heavy atom. The highest BCUT2D eigenvalue weighted by Gasteiger charge is 2.42. The van der Waals surface area contributed by atoms with E-state index in [9.17, 15) is 14.4 Å². The fraction of sp³-hybridized carbons (Fsp3) is 0.594. The predicted octanol–water partition coefficient (Wildman–Crippen LogP) is 4.52. The van der Waals surface area contributed by atoms with Crippen LogP contribution in [0, 0.1) is 11.8 Å². The normalized spacial score (nSPS) is 14.9. The van der Waals surface area contributed by atoms with Gasteiger partial charge in [0.1, 0.15) is 6.04 Å². The summed E-state index contributed by atoms with van der Waals surface area (Å²) in [4.78, 5) is 43.7. The number of fused-ring (bicyclic) bond motifs is 1. The third-order valence-electron chi connectivity index (χ3n) is 7.77. The topological polar surface area (TPSA) is 83.9 Å². The minimum absolute atomic E-state index is 0.0432. The molecule has 0 saturated carbocycles. The molecule has 222 valence electrons. The molecule has 0 fully saturated rings. The summed E-state index contributed by atoms with van der Waals surface area (Å²) in [6.07, 6.45) is 3.88. The molecule has 8 heteroatoms. The largest absolute Gasteiger partial charge is 0.463 e. The van der Waals surface area contributed by atoms with E-state index in [4.69, 9.17) is 4.74 Å². The van der Waals surface area contributed by atoms with Crippen LogP contribution in [-0.4, -0.2) is 78.0 Å². The number of likely N-dealkylation sites (N-methyl/N-ethyl adjacent to an activating group) is 2. The molecule has 0 unspecified atom stereocenters. The van der Waals surface area contributed by atoms with Gasteiger partial charge in [0, 0.05) is 42.2 Å². The fourth-order valence-electron chi connectivity index (χ4n) is 5.64. The Labute approximate surface area is 240 Å². The van der Waals surface area contributed by atoms with Crippen LogP contribution < -0.4 is 5.32 Å². The summed E-state index contributed by atoms with van der Waals surface area (Å²) in [6.45, 7) is 15.8. The van der Waals surface area contributed by atoms with Crippen molar-refractivity contribution in [2.45, 2.75) is 78.9 Å². The van der Waals surface area contributed by atoms with E-state index in [2.05, 4.69) is 42.1 Å². The predicted molar refractivity (Wildman–Crippen MR) is 162 cm³/mol. The van der Waals surface area contributed by atoms with E-state index < -0.39 is 23.5 Å². The Balaban J connectivity index is 2.41. The standard InChI is InChI=1S/C32H50N4O4/c1-13-40-31(39)22(6)18-26(20(2)3)36(12)30(38)27(21(4)5)33-29(37)28(34(9)10)32(7,8)24-19-35(11)25-17-15-14-16-23(24)25/h14-21,26-28H,13H2,1-12H3,(H,33,37)/b22-18+/t26-,27+,28-/m1/s1. The molecule has 2 aromatic rings. The number of carbonyl (C=O) groups is 3. The maximum Gasteiger partial charge on any atom is 0.333 e. The van der Waals surface area contributed by atoms with Gasteiger partial charge in [0.05, 0.1) is 18.7 Å². The van der Waals surface area contributed by atoms with Gasteiger partial charge in [-0.25, -0.2) is 4.79 Å². The summed E-state index contributed by atoms with van der Waals surface area (Å²) in [5.74, 6) is -0.905. The molecule has 0 aliphatic carbocycles. The van der Waals surface area contributed by atoms with Gasteiger partial charge in [-0.05, 0) is 51.4 Å². The Bertz CT molecular complexity index is 1220. The van der Waals surface area contributed by atoms with Gasteiger partial charge in [-0.1, -0.05) is 65.8 Å². The van der Waals surface area contributed by atoms with Crippen LogP contribution in [0.4, 0.5) is 0 Å². The van der Waals surface area contributed by atoms with Gasteiger partial charge in [-0.2, -0.15) is 0 Å². The first-order valence-electron chi connectivity index (χ1n) is 14.2. The van der Waals surface area contributed by atoms with E-state index in [-0.39, 0.29) is 36.3 Å². The lowest BCUT2D eigenvalue weighted by molar-refractivity contribution is -0.140. The lowest BCUT2D eigenvalue weighted by Crippen LogP contribution is -2.60. The summed E-state index contributed by atoms with van der Waals surface area (Å²) in [7, 11) is 7.53. The van der Waals surface area contributed by atoms with Crippen LogP contribution in [0.3, 0.4) is 0 Å². The number of amides is 2. The number of nitrogens with zero attached hydrogens (tertiary/aromatic N) is 3. The first-order valence-corrected chi connectivity index (χ1v) is 14.2. The summed E-state index contributed by atoms with van der Waals surface area (Å²) >= 11 is 0. The van der Waals surface area contributed by atoms with E-state index in [0.717, 1.165) is 16.5 Å². The molecule has 0 aliphatic rings. The van der Waals surface area contributed by atoms with Crippen molar-refractivity contribution in [3.63, 3.8) is 0 Å². The maximum absolute atomic E-state index is 14.0. The number of nitrogens with one attached hydrogen (secondary N) is 1. The molecule has 0 radical (unpaired) electrons. The Morgan fingerprint density at radius 2 is 1.65 bits per heavy atom. The molecule has 2 rings (SSSR count). The lowest BCUT2D eigenvalue weighted by Gasteiger charge is -2.39. The smallest absolute Gasteiger partial charge is 0.333 e. The van der Waals surface area contributed by atoms with Crippen molar-refractivity contribution < 1.29 is 19.1 Å². The second-order valence-corrected chi connectivity index (χ2v) is 12.2. The molecule has 1 aromatic heterocycles. The zero-order valence-corrected chi connectivity index (χ0v) is 26.5. The first kappa shape index (κ1) is 33.1. The van der Waals surface area contributed by atoms with Gasteiger partial charge in [0.15, 0.2) is 0 Å². The number of hydrogen-bond donors (Lipinski definition) is 1. The molecule has 1 N–H and O–H groups in total. The molecule has 0 saturated heterocycles. The second-order valence-electron chi connectivity index (χ2n) is 12.2. The van der Waals surface area contributed by atoms with Crippen LogP contribution in [0.25, 0.3) is 10.9 Å². The van der Waals surface area contributed by atoms with Crippen LogP contribution in [0.15, 0.2) is 42.1 Å². The number of ether oxygens (including phenoxy) is 1. The molecule has 3 atom stereocenters. The quantitative estimate of drug-likeness (QED) is 0.308. The molecule has 0 spiro atoms. The SMILES string of the molecule is CCOC(=O)/C(C)=C/[C@H](C(C)C)N(C)C(=O)[C@@H](NC(=O)[C@@H](N(C)C)C(C)(C)c1cn(C)c2ccccc12)C(C)C. The summed E-state index contributed by atoms with van der Waals surface area (Å²) < 4.78 is 7.22. The third-order valence-corrected chi connectivity index (χ3v) is 7.77. The maximum atomic E-state index is 14.0. The molecule has 1 aromatic carbocycles.